The molecule has 1 aromatic carbocycles. The molecule has 2 N–H and O–H groups in total. The monoisotopic (exact) mass is 230 g/mol. The number of hydrogen-bond donors (Lipinski definition) is 2. The zero-order chi connectivity index (χ0) is 12.1. The van der Waals surface area contributed by atoms with Crippen LogP contribution in [-0.2, 0) is 13.0 Å². The highest BCUT2D eigenvalue weighted by Gasteiger charge is 2.16. The van der Waals surface area contributed by atoms with Gasteiger partial charge in [0.25, 0.3) is 5.91 Å². The molecule has 1 aliphatic rings. The summed E-state index contributed by atoms with van der Waals surface area (Å²) in [4.78, 5) is 12.0. The second-order valence-electron chi connectivity index (χ2n) is 4.20. The van der Waals surface area contributed by atoms with E-state index in [0.29, 0.717) is 6.54 Å². The Morgan fingerprint density at radius 3 is 3.24 bits per heavy atom. The van der Waals surface area contributed by atoms with Gasteiger partial charge in [-0.15, -0.1) is 6.58 Å². The molecule has 3 nitrogen and oxygen atoms in total. The maximum absolute atomic E-state index is 12.0. The first kappa shape index (κ1) is 11.9. The molecule has 1 aliphatic heterocycles. The first-order valence-electron chi connectivity index (χ1n) is 6.03. The highest BCUT2D eigenvalue weighted by molar-refractivity contribution is 5.96. The Morgan fingerprint density at radius 1 is 1.53 bits per heavy atom. The fraction of sp³-hybridized carbons (Fsp3) is 0.357. The summed E-state index contributed by atoms with van der Waals surface area (Å²) in [6, 6.07) is 5.95. The average Bonchev–Trinajstić information content (AvgIpc) is 2.38. The van der Waals surface area contributed by atoms with Gasteiger partial charge in [-0.05, 0) is 36.6 Å². The highest BCUT2D eigenvalue weighted by atomic mass is 16.1. The number of rotatable bonds is 4. The number of carbonyl (C=O) groups excluding carboxylic acids is 1. The van der Waals surface area contributed by atoms with Gasteiger partial charge >= 0.3 is 0 Å². The first-order valence-corrected chi connectivity index (χ1v) is 6.03. The average molecular weight is 230 g/mol. The van der Waals surface area contributed by atoms with Gasteiger partial charge in [-0.3, -0.25) is 4.79 Å². The Labute approximate surface area is 102 Å². The molecule has 0 saturated heterocycles. The standard InChI is InChI=1S/C14H18N2O/c1-2-3-8-16-14(17)13-6-4-5-11-10-15-9-7-12(11)13/h2,4-6,15H,1,3,7-10H2,(H,16,17). The molecule has 0 aliphatic carbocycles. The molecule has 0 aromatic heterocycles. The van der Waals surface area contributed by atoms with Gasteiger partial charge < -0.3 is 10.6 Å². The second-order valence-corrected chi connectivity index (χ2v) is 4.20. The number of benzene rings is 1. The number of fused-ring (bicyclic) bond motifs is 1. The van der Waals surface area contributed by atoms with Crippen LogP contribution in [0.2, 0.25) is 0 Å². The van der Waals surface area contributed by atoms with Crippen molar-refractivity contribution in [1.82, 2.24) is 10.6 Å². The fourth-order valence-corrected chi connectivity index (χ4v) is 2.13. The molecule has 0 bridgehead atoms. The topological polar surface area (TPSA) is 41.1 Å². The van der Waals surface area contributed by atoms with Crippen molar-refractivity contribution in [3.05, 3.63) is 47.5 Å². The molecule has 1 aromatic rings. The molecule has 90 valence electrons. The largest absolute Gasteiger partial charge is 0.352 e. The van der Waals surface area contributed by atoms with E-state index >= 15 is 0 Å². The minimum Gasteiger partial charge on any atom is -0.352 e. The van der Waals surface area contributed by atoms with Crippen LogP contribution in [0.3, 0.4) is 0 Å². The van der Waals surface area contributed by atoms with Gasteiger partial charge in [0, 0.05) is 18.7 Å². The molecular weight excluding hydrogens is 212 g/mol. The smallest absolute Gasteiger partial charge is 0.251 e. The van der Waals surface area contributed by atoms with E-state index < -0.39 is 0 Å². The van der Waals surface area contributed by atoms with Gasteiger partial charge in [0.1, 0.15) is 0 Å². The summed E-state index contributed by atoms with van der Waals surface area (Å²) in [5.74, 6) is 0.0330. The van der Waals surface area contributed by atoms with Gasteiger partial charge in [0.15, 0.2) is 0 Å². The molecule has 0 spiro atoms. The van der Waals surface area contributed by atoms with E-state index in [4.69, 9.17) is 0 Å². The Balaban J connectivity index is 2.14. The lowest BCUT2D eigenvalue weighted by atomic mass is 9.95. The van der Waals surface area contributed by atoms with E-state index in [0.717, 1.165) is 31.5 Å². The normalized spacial score (nSPS) is 13.9. The van der Waals surface area contributed by atoms with Gasteiger partial charge in [-0.25, -0.2) is 0 Å². The molecule has 17 heavy (non-hydrogen) atoms. The van der Waals surface area contributed by atoms with Crippen molar-refractivity contribution in [1.29, 1.82) is 0 Å². The molecule has 3 heteroatoms. The van der Waals surface area contributed by atoms with Crippen molar-refractivity contribution in [3.8, 4) is 0 Å². The minimum absolute atomic E-state index is 0.0330. The predicted molar refractivity (Wildman–Crippen MR) is 69.0 cm³/mol. The van der Waals surface area contributed by atoms with Crippen molar-refractivity contribution >= 4 is 5.91 Å². The summed E-state index contributed by atoms with van der Waals surface area (Å²) in [6.45, 7) is 6.11. The summed E-state index contributed by atoms with van der Waals surface area (Å²) < 4.78 is 0. The zero-order valence-electron chi connectivity index (χ0n) is 9.96. The first-order chi connectivity index (χ1) is 8.33. The van der Waals surface area contributed by atoms with Gasteiger partial charge in [-0.1, -0.05) is 18.2 Å². The number of amides is 1. The Hall–Kier alpha value is -1.61. The molecule has 0 radical (unpaired) electrons. The third kappa shape index (κ3) is 2.74. The lowest BCUT2D eigenvalue weighted by molar-refractivity contribution is 0.0953. The lowest BCUT2D eigenvalue weighted by Gasteiger charge is -2.19. The number of hydrogen-bond acceptors (Lipinski definition) is 2. The van der Waals surface area contributed by atoms with Crippen LogP contribution in [0.1, 0.15) is 27.9 Å². The Kier molecular flexibility index (Phi) is 3.94. The molecule has 2 rings (SSSR count). The van der Waals surface area contributed by atoms with E-state index in [-0.39, 0.29) is 5.91 Å². The summed E-state index contributed by atoms with van der Waals surface area (Å²) in [5, 5.41) is 6.23. The van der Waals surface area contributed by atoms with Gasteiger partial charge in [0.2, 0.25) is 0 Å². The molecule has 0 fully saturated rings. The van der Waals surface area contributed by atoms with E-state index in [1.165, 1.54) is 11.1 Å². The number of carbonyl (C=O) groups is 1. The van der Waals surface area contributed by atoms with E-state index in [1.54, 1.807) is 0 Å². The lowest BCUT2D eigenvalue weighted by Crippen LogP contribution is -2.29. The van der Waals surface area contributed by atoms with Crippen molar-refractivity contribution in [2.24, 2.45) is 0 Å². The Morgan fingerprint density at radius 2 is 2.41 bits per heavy atom. The van der Waals surface area contributed by atoms with E-state index in [1.807, 2.05) is 18.2 Å². The maximum atomic E-state index is 12.0. The summed E-state index contributed by atoms with van der Waals surface area (Å²) in [6.07, 6.45) is 3.55. The predicted octanol–water partition coefficient (Wildman–Crippen LogP) is 1.64. The van der Waals surface area contributed by atoms with Crippen molar-refractivity contribution < 1.29 is 4.79 Å². The van der Waals surface area contributed by atoms with E-state index in [9.17, 15) is 4.79 Å². The highest BCUT2D eigenvalue weighted by Crippen LogP contribution is 2.18. The third-order valence-electron chi connectivity index (χ3n) is 3.02. The molecule has 1 amide bonds. The van der Waals surface area contributed by atoms with E-state index in [2.05, 4.69) is 23.3 Å². The van der Waals surface area contributed by atoms with Crippen molar-refractivity contribution in [2.75, 3.05) is 13.1 Å². The summed E-state index contributed by atoms with van der Waals surface area (Å²) in [5.41, 5.74) is 3.27. The summed E-state index contributed by atoms with van der Waals surface area (Å²) >= 11 is 0. The van der Waals surface area contributed by atoms with Crippen molar-refractivity contribution in [2.45, 2.75) is 19.4 Å². The quantitative estimate of drug-likeness (QED) is 0.610. The molecule has 0 unspecified atom stereocenters. The fourth-order valence-electron chi connectivity index (χ4n) is 2.13. The van der Waals surface area contributed by atoms with Crippen LogP contribution >= 0.6 is 0 Å². The van der Waals surface area contributed by atoms with Crippen LogP contribution < -0.4 is 10.6 Å². The second kappa shape index (κ2) is 5.64. The number of nitrogens with one attached hydrogen (secondary N) is 2. The van der Waals surface area contributed by atoms with Crippen LogP contribution in [-0.4, -0.2) is 19.0 Å². The molecule has 0 atom stereocenters. The van der Waals surface area contributed by atoms with Crippen LogP contribution in [0.5, 0.6) is 0 Å². The molecule has 0 saturated carbocycles. The SMILES string of the molecule is C=CCCNC(=O)c1cccc2c1CCNC2. The zero-order valence-corrected chi connectivity index (χ0v) is 9.96. The third-order valence-corrected chi connectivity index (χ3v) is 3.02. The molecule has 1 heterocycles. The molecular formula is C14H18N2O. The minimum atomic E-state index is 0.0330. The van der Waals surface area contributed by atoms with Crippen LogP contribution in [0.15, 0.2) is 30.9 Å². The van der Waals surface area contributed by atoms with Crippen LogP contribution in [0.25, 0.3) is 0 Å². The van der Waals surface area contributed by atoms with Crippen LogP contribution in [0.4, 0.5) is 0 Å². The Bertz CT molecular complexity index is 426. The van der Waals surface area contributed by atoms with Crippen LogP contribution in [0, 0.1) is 0 Å². The van der Waals surface area contributed by atoms with Gasteiger partial charge in [-0.2, -0.15) is 0 Å². The summed E-state index contributed by atoms with van der Waals surface area (Å²) in [7, 11) is 0. The van der Waals surface area contributed by atoms with Gasteiger partial charge in [0.05, 0.1) is 0 Å². The maximum Gasteiger partial charge on any atom is 0.251 e. The van der Waals surface area contributed by atoms with Crippen molar-refractivity contribution in [3.63, 3.8) is 0 Å².